The fourth-order valence-corrected chi connectivity index (χ4v) is 1.85. The van der Waals surface area contributed by atoms with Crippen LogP contribution in [0.25, 0.3) is 11.1 Å². The summed E-state index contributed by atoms with van der Waals surface area (Å²) in [6, 6.07) is 16.7. The van der Waals surface area contributed by atoms with Crippen molar-refractivity contribution < 1.29 is 9.53 Å². The molecular weight excluding hydrogens is 274 g/mol. The monoisotopic (exact) mass is 289 g/mol. The Morgan fingerprint density at radius 3 is 2.14 bits per heavy atom. The zero-order chi connectivity index (χ0) is 15.8. The molecule has 2 aromatic carbocycles. The summed E-state index contributed by atoms with van der Waals surface area (Å²) in [4.78, 5) is 11.5. The average Bonchev–Trinajstić information content (AvgIpc) is 2.56. The Bertz CT molecular complexity index is 732. The standard InChI is InChI=1S/C19H15NO2/c1-2-3-4-5-19(21)22-18-12-10-17(11-13-18)16-8-6-15(14-20)7-9-16/h2-13H,1H3/b3-2+,5-4+. The molecule has 3 heteroatoms. The largest absolute Gasteiger partial charge is 0.423 e. The van der Waals surface area contributed by atoms with E-state index in [2.05, 4.69) is 6.07 Å². The summed E-state index contributed by atoms with van der Waals surface area (Å²) < 4.78 is 5.19. The van der Waals surface area contributed by atoms with Crippen LogP contribution in [0.3, 0.4) is 0 Å². The number of nitrogens with zero attached hydrogens (tertiary/aromatic N) is 1. The zero-order valence-electron chi connectivity index (χ0n) is 12.2. The second-order valence-corrected chi connectivity index (χ2v) is 4.52. The van der Waals surface area contributed by atoms with Crippen LogP contribution in [0.2, 0.25) is 0 Å². The first-order valence-corrected chi connectivity index (χ1v) is 6.84. The molecule has 0 radical (unpaired) electrons. The first-order valence-electron chi connectivity index (χ1n) is 6.84. The van der Waals surface area contributed by atoms with Gasteiger partial charge in [0, 0.05) is 6.08 Å². The predicted octanol–water partition coefficient (Wildman–Crippen LogP) is 4.26. The van der Waals surface area contributed by atoms with Crippen molar-refractivity contribution in [3.63, 3.8) is 0 Å². The number of allylic oxidation sites excluding steroid dienone is 3. The molecule has 0 aromatic heterocycles. The normalized spacial score (nSPS) is 10.7. The van der Waals surface area contributed by atoms with E-state index in [0.717, 1.165) is 11.1 Å². The number of benzene rings is 2. The van der Waals surface area contributed by atoms with Crippen LogP contribution in [0.15, 0.2) is 72.8 Å². The highest BCUT2D eigenvalue weighted by Crippen LogP contribution is 2.22. The molecule has 0 unspecified atom stereocenters. The Labute approximate surface area is 129 Å². The molecule has 0 spiro atoms. The third kappa shape index (κ3) is 4.19. The fraction of sp³-hybridized carbons (Fsp3) is 0.0526. The van der Waals surface area contributed by atoms with Gasteiger partial charge in [0.1, 0.15) is 5.75 Å². The smallest absolute Gasteiger partial charge is 0.336 e. The van der Waals surface area contributed by atoms with E-state index in [1.165, 1.54) is 6.08 Å². The van der Waals surface area contributed by atoms with Crippen LogP contribution in [0.1, 0.15) is 12.5 Å². The number of rotatable bonds is 4. The van der Waals surface area contributed by atoms with Gasteiger partial charge in [-0.2, -0.15) is 5.26 Å². The molecule has 0 atom stereocenters. The van der Waals surface area contributed by atoms with Gasteiger partial charge in [-0.1, -0.05) is 42.5 Å². The quantitative estimate of drug-likeness (QED) is 0.365. The maximum Gasteiger partial charge on any atom is 0.336 e. The van der Waals surface area contributed by atoms with Crippen LogP contribution < -0.4 is 4.74 Å². The van der Waals surface area contributed by atoms with Crippen molar-refractivity contribution in [1.29, 1.82) is 5.26 Å². The van der Waals surface area contributed by atoms with E-state index in [1.807, 2.05) is 37.3 Å². The summed E-state index contributed by atoms with van der Waals surface area (Å²) >= 11 is 0. The third-order valence-corrected chi connectivity index (χ3v) is 2.96. The first kappa shape index (κ1) is 15.3. The molecule has 108 valence electrons. The van der Waals surface area contributed by atoms with E-state index in [1.54, 1.807) is 36.4 Å². The van der Waals surface area contributed by atoms with Crippen molar-refractivity contribution in [3.8, 4) is 22.9 Å². The van der Waals surface area contributed by atoms with E-state index in [-0.39, 0.29) is 0 Å². The summed E-state index contributed by atoms with van der Waals surface area (Å²) in [5.41, 5.74) is 2.63. The van der Waals surface area contributed by atoms with E-state index < -0.39 is 5.97 Å². The molecule has 0 aliphatic carbocycles. The Morgan fingerprint density at radius 1 is 1.00 bits per heavy atom. The Morgan fingerprint density at radius 2 is 1.59 bits per heavy atom. The van der Waals surface area contributed by atoms with Gasteiger partial charge in [0.05, 0.1) is 11.6 Å². The molecule has 0 heterocycles. The minimum atomic E-state index is -0.413. The Kier molecular flexibility index (Phi) is 5.28. The van der Waals surface area contributed by atoms with Crippen LogP contribution >= 0.6 is 0 Å². The number of hydrogen-bond donors (Lipinski definition) is 0. The SMILES string of the molecule is C/C=C/C=C/C(=O)Oc1ccc(-c2ccc(C#N)cc2)cc1. The van der Waals surface area contributed by atoms with Gasteiger partial charge in [0.2, 0.25) is 0 Å². The molecule has 0 saturated heterocycles. The lowest BCUT2D eigenvalue weighted by atomic mass is 10.0. The average molecular weight is 289 g/mol. The molecule has 0 fully saturated rings. The van der Waals surface area contributed by atoms with E-state index in [0.29, 0.717) is 11.3 Å². The van der Waals surface area contributed by atoms with Gasteiger partial charge in [0.15, 0.2) is 0 Å². The maximum absolute atomic E-state index is 11.5. The van der Waals surface area contributed by atoms with Crippen LogP contribution in [-0.2, 0) is 4.79 Å². The molecule has 0 aliphatic heterocycles. The minimum Gasteiger partial charge on any atom is -0.423 e. The maximum atomic E-state index is 11.5. The highest BCUT2D eigenvalue weighted by Gasteiger charge is 2.02. The van der Waals surface area contributed by atoms with Crippen molar-refractivity contribution >= 4 is 5.97 Å². The second kappa shape index (κ2) is 7.61. The lowest BCUT2D eigenvalue weighted by molar-refractivity contribution is -0.128. The lowest BCUT2D eigenvalue weighted by Crippen LogP contribution is -2.03. The van der Waals surface area contributed by atoms with Crippen LogP contribution in [0, 0.1) is 11.3 Å². The number of esters is 1. The first-order chi connectivity index (χ1) is 10.7. The van der Waals surface area contributed by atoms with Gasteiger partial charge in [-0.3, -0.25) is 0 Å². The highest BCUT2D eigenvalue weighted by molar-refractivity contribution is 5.84. The van der Waals surface area contributed by atoms with E-state index in [4.69, 9.17) is 10.00 Å². The molecule has 22 heavy (non-hydrogen) atoms. The molecular formula is C19H15NO2. The Hall–Kier alpha value is -3.12. The van der Waals surface area contributed by atoms with Gasteiger partial charge in [-0.15, -0.1) is 0 Å². The number of nitriles is 1. The summed E-state index contributed by atoms with van der Waals surface area (Å²) in [6.45, 7) is 1.87. The number of hydrogen-bond acceptors (Lipinski definition) is 3. The number of carbonyl (C=O) groups is 1. The van der Waals surface area contributed by atoms with Crippen molar-refractivity contribution in [2.24, 2.45) is 0 Å². The fourth-order valence-electron chi connectivity index (χ4n) is 1.85. The van der Waals surface area contributed by atoms with E-state index >= 15 is 0 Å². The predicted molar refractivity (Wildman–Crippen MR) is 86.2 cm³/mol. The summed E-state index contributed by atoms with van der Waals surface area (Å²) in [6.07, 6.45) is 6.59. The topological polar surface area (TPSA) is 50.1 Å². The van der Waals surface area contributed by atoms with Gasteiger partial charge >= 0.3 is 5.97 Å². The molecule has 0 bridgehead atoms. The molecule has 0 aliphatic rings. The highest BCUT2D eigenvalue weighted by atomic mass is 16.5. The number of carbonyl (C=O) groups excluding carboxylic acids is 1. The van der Waals surface area contributed by atoms with Crippen LogP contribution in [0.4, 0.5) is 0 Å². The van der Waals surface area contributed by atoms with Crippen molar-refractivity contribution in [1.82, 2.24) is 0 Å². The molecule has 0 saturated carbocycles. The van der Waals surface area contributed by atoms with Crippen molar-refractivity contribution in [2.75, 3.05) is 0 Å². The van der Waals surface area contributed by atoms with Crippen molar-refractivity contribution in [2.45, 2.75) is 6.92 Å². The number of ether oxygens (including phenoxy) is 1. The van der Waals surface area contributed by atoms with Gasteiger partial charge < -0.3 is 4.74 Å². The molecule has 2 aromatic rings. The van der Waals surface area contributed by atoms with E-state index in [9.17, 15) is 4.79 Å². The molecule has 0 N–H and O–H groups in total. The van der Waals surface area contributed by atoms with Crippen molar-refractivity contribution in [3.05, 3.63) is 78.4 Å². The van der Waals surface area contributed by atoms with Crippen LogP contribution in [0.5, 0.6) is 5.75 Å². The minimum absolute atomic E-state index is 0.413. The zero-order valence-corrected chi connectivity index (χ0v) is 12.2. The molecule has 0 amide bonds. The lowest BCUT2D eigenvalue weighted by Gasteiger charge is -2.04. The van der Waals surface area contributed by atoms with Gasteiger partial charge in [0.25, 0.3) is 0 Å². The van der Waals surface area contributed by atoms with Gasteiger partial charge in [-0.05, 0) is 42.3 Å². The molecule has 2 rings (SSSR count). The van der Waals surface area contributed by atoms with Gasteiger partial charge in [-0.25, -0.2) is 4.79 Å². The third-order valence-electron chi connectivity index (χ3n) is 2.96. The summed E-state index contributed by atoms with van der Waals surface area (Å²) in [5.74, 6) is 0.0803. The summed E-state index contributed by atoms with van der Waals surface area (Å²) in [5, 5.41) is 8.79. The molecule has 3 nitrogen and oxygen atoms in total. The summed E-state index contributed by atoms with van der Waals surface area (Å²) in [7, 11) is 0. The second-order valence-electron chi connectivity index (χ2n) is 4.52. The van der Waals surface area contributed by atoms with Crippen LogP contribution in [-0.4, -0.2) is 5.97 Å². The Balaban J connectivity index is 2.06.